The predicted octanol–water partition coefficient (Wildman–Crippen LogP) is 6.50. The first-order valence-electron chi connectivity index (χ1n) is 11.3. The largest absolute Gasteiger partial charge is 0.192 e. The van der Waals surface area contributed by atoms with Crippen LogP contribution in [0.1, 0.15) is 76.3 Å². The van der Waals surface area contributed by atoms with E-state index in [1.54, 1.807) is 0 Å². The number of aryl methyl sites for hydroxylation is 1. The minimum absolute atomic E-state index is 0.107. The zero-order valence-electron chi connectivity index (χ0n) is 19.1. The molecule has 4 nitrogen and oxygen atoms in total. The third-order valence-electron chi connectivity index (χ3n) is 5.46. The summed E-state index contributed by atoms with van der Waals surface area (Å²) in [6, 6.07) is 10.1. The van der Waals surface area contributed by atoms with Gasteiger partial charge in [0.2, 0.25) is 0 Å². The van der Waals surface area contributed by atoms with Crippen LogP contribution in [0.2, 0.25) is 0 Å². The number of halogens is 1. The summed E-state index contributed by atoms with van der Waals surface area (Å²) in [7, 11) is 0. The third kappa shape index (κ3) is 6.79. The number of rotatable bonds is 10. The topological polar surface area (TPSA) is 95.2 Å². The summed E-state index contributed by atoms with van der Waals surface area (Å²) in [5, 5.41) is 37.8. The predicted molar refractivity (Wildman–Crippen MR) is 138 cm³/mol. The molecule has 2 heterocycles. The molecule has 0 aliphatic rings. The maximum absolute atomic E-state index is 9.49. The first-order chi connectivity index (χ1) is 16.1. The normalized spacial score (nSPS) is 11.2. The summed E-state index contributed by atoms with van der Waals surface area (Å²) >= 11 is 6.63. The fourth-order valence-electron chi connectivity index (χ4n) is 3.67. The number of hydrogen-bond donors (Lipinski definition) is 0. The highest BCUT2D eigenvalue weighted by molar-refractivity contribution is 9.10. The summed E-state index contributed by atoms with van der Waals surface area (Å²) in [6.45, 7) is 4.37. The average Bonchev–Trinajstić information content (AvgIpc) is 3.37. The van der Waals surface area contributed by atoms with Crippen LogP contribution in [-0.2, 0) is 12.8 Å². The number of thiophene rings is 2. The molecule has 0 aliphatic heterocycles. The molecule has 0 aromatic carbocycles. The molecule has 7 heteroatoms. The highest BCUT2D eigenvalue weighted by Gasteiger charge is 2.14. The van der Waals surface area contributed by atoms with Crippen LogP contribution < -0.4 is 9.06 Å². The smallest absolute Gasteiger partial charge is 0.147 e. The first kappa shape index (κ1) is 26.8. The Morgan fingerprint density at radius 2 is 1.33 bits per heavy atom. The van der Waals surface area contributed by atoms with E-state index in [1.807, 2.05) is 30.3 Å². The summed E-state index contributed by atoms with van der Waals surface area (Å²) in [4.78, 5) is 0. The lowest BCUT2D eigenvalue weighted by molar-refractivity contribution is 0.664. The molecular formula is C26H27BrN4S2. The van der Waals surface area contributed by atoms with Crippen LogP contribution >= 0.6 is 38.6 Å². The van der Waals surface area contributed by atoms with Gasteiger partial charge in [0.25, 0.3) is 0 Å². The van der Waals surface area contributed by atoms with Gasteiger partial charge < -0.3 is 0 Å². The number of nitriles is 4. The molecule has 0 fully saturated rings. The van der Waals surface area contributed by atoms with E-state index in [9.17, 15) is 21.0 Å². The Hall–Kier alpha value is -2.42. The molecule has 170 valence electrons. The van der Waals surface area contributed by atoms with Crippen molar-refractivity contribution in [2.24, 2.45) is 0 Å². The highest BCUT2D eigenvalue weighted by Crippen LogP contribution is 2.25. The van der Waals surface area contributed by atoms with Crippen molar-refractivity contribution < 1.29 is 0 Å². The zero-order chi connectivity index (χ0) is 24.2. The summed E-state index contributed by atoms with van der Waals surface area (Å²) in [5.41, 5.74) is 2.49. The quantitative estimate of drug-likeness (QED) is 0.322. The number of nitrogens with zero attached hydrogens (tertiary/aromatic N) is 4. The Kier molecular flexibility index (Phi) is 11.4. The lowest BCUT2D eigenvalue weighted by Crippen LogP contribution is -2.00. The molecule has 0 N–H and O–H groups in total. The van der Waals surface area contributed by atoms with Crippen LogP contribution in [0.4, 0.5) is 0 Å². The van der Waals surface area contributed by atoms with E-state index in [-0.39, 0.29) is 11.1 Å². The second kappa shape index (κ2) is 14.0. The van der Waals surface area contributed by atoms with Crippen molar-refractivity contribution in [3.8, 4) is 24.3 Å². The van der Waals surface area contributed by atoms with Gasteiger partial charge in [-0.25, -0.2) is 0 Å². The van der Waals surface area contributed by atoms with Crippen molar-refractivity contribution in [3.05, 3.63) is 39.8 Å². The van der Waals surface area contributed by atoms with Crippen molar-refractivity contribution in [1.82, 2.24) is 0 Å². The fourth-order valence-corrected chi connectivity index (χ4v) is 7.18. The van der Waals surface area contributed by atoms with E-state index in [1.165, 1.54) is 35.5 Å². The Morgan fingerprint density at radius 1 is 0.758 bits per heavy atom. The lowest BCUT2D eigenvalue weighted by atomic mass is 10.1. The van der Waals surface area contributed by atoms with Crippen molar-refractivity contribution in [1.29, 1.82) is 21.0 Å². The van der Waals surface area contributed by atoms with Crippen LogP contribution in [0.15, 0.2) is 10.5 Å². The summed E-state index contributed by atoms with van der Waals surface area (Å²) in [5.74, 6) is 0. The molecule has 0 bridgehead atoms. The number of hydrogen-bond acceptors (Lipinski definition) is 6. The minimum atomic E-state index is 0.107. The van der Waals surface area contributed by atoms with Gasteiger partial charge in [0.15, 0.2) is 0 Å². The van der Waals surface area contributed by atoms with Crippen LogP contribution in [0.3, 0.4) is 0 Å². The summed E-state index contributed by atoms with van der Waals surface area (Å²) < 4.78 is 4.29. The molecule has 33 heavy (non-hydrogen) atoms. The molecule has 0 aliphatic carbocycles. The van der Waals surface area contributed by atoms with E-state index >= 15 is 0 Å². The summed E-state index contributed by atoms with van der Waals surface area (Å²) in [6.07, 6.45) is 10.7. The van der Waals surface area contributed by atoms with Gasteiger partial charge in [-0.2, -0.15) is 21.0 Å². The van der Waals surface area contributed by atoms with Gasteiger partial charge in [-0.15, -0.1) is 22.7 Å². The van der Waals surface area contributed by atoms with Crippen molar-refractivity contribution >= 4 is 49.7 Å². The molecule has 0 atom stereocenters. The minimum Gasteiger partial charge on any atom is -0.192 e. The van der Waals surface area contributed by atoms with Crippen molar-refractivity contribution in [2.45, 2.75) is 78.1 Å². The SMILES string of the molecule is CCCCCCc1cc(=C(C#N)C#N)s/c1=c1\sc(=C(C#N)C#N)c(Br)c1CCCCCC. The monoisotopic (exact) mass is 538 g/mol. The van der Waals surface area contributed by atoms with Gasteiger partial charge in [0, 0.05) is 13.5 Å². The molecule has 2 rings (SSSR count). The van der Waals surface area contributed by atoms with Gasteiger partial charge in [-0.05, 0) is 58.8 Å². The standard InChI is InChI=1S/C26H27BrN4S2/c1-3-5-7-9-11-18-13-22(19(14-28)15-29)32-25(18)26-21(12-10-8-6-4-2)23(27)24(33-26)20(16-30)17-31/h13H,3-12H2,1-2H3/b26-25-. The van der Waals surface area contributed by atoms with Crippen molar-refractivity contribution in [3.63, 3.8) is 0 Å². The van der Waals surface area contributed by atoms with E-state index in [0.29, 0.717) is 9.06 Å². The molecule has 2 aromatic rings. The van der Waals surface area contributed by atoms with E-state index in [2.05, 4.69) is 29.8 Å². The van der Waals surface area contributed by atoms with E-state index in [4.69, 9.17) is 0 Å². The Balaban J connectivity index is 2.89. The lowest BCUT2D eigenvalue weighted by Gasteiger charge is -2.01. The second-order valence-corrected chi connectivity index (χ2v) is 10.7. The molecule has 2 aromatic heterocycles. The van der Waals surface area contributed by atoms with E-state index in [0.717, 1.165) is 76.0 Å². The van der Waals surface area contributed by atoms with Crippen LogP contribution in [-0.4, -0.2) is 0 Å². The molecule has 0 radical (unpaired) electrons. The Bertz CT molecular complexity index is 1320. The third-order valence-corrected chi connectivity index (χ3v) is 9.20. The van der Waals surface area contributed by atoms with E-state index < -0.39 is 0 Å². The molecule has 0 amide bonds. The van der Waals surface area contributed by atoms with Crippen molar-refractivity contribution in [2.75, 3.05) is 0 Å². The maximum atomic E-state index is 9.49. The zero-order valence-corrected chi connectivity index (χ0v) is 22.4. The Morgan fingerprint density at radius 3 is 1.88 bits per heavy atom. The second-order valence-electron chi connectivity index (χ2n) is 7.84. The molecule has 0 saturated carbocycles. The Labute approximate surface area is 212 Å². The van der Waals surface area contributed by atoms with Crippen LogP contribution in [0.25, 0.3) is 11.1 Å². The van der Waals surface area contributed by atoms with Crippen LogP contribution in [0.5, 0.6) is 0 Å². The van der Waals surface area contributed by atoms with Gasteiger partial charge in [0.05, 0.1) is 9.06 Å². The van der Waals surface area contributed by atoms with Gasteiger partial charge in [0.1, 0.15) is 35.4 Å². The van der Waals surface area contributed by atoms with Gasteiger partial charge in [-0.1, -0.05) is 52.4 Å². The molecule has 0 saturated heterocycles. The van der Waals surface area contributed by atoms with Crippen LogP contribution in [0, 0.1) is 54.4 Å². The molecule has 0 unspecified atom stereocenters. The highest BCUT2D eigenvalue weighted by atomic mass is 79.9. The fraction of sp³-hybridized carbons (Fsp3) is 0.462. The first-order valence-corrected chi connectivity index (χ1v) is 13.8. The molecular weight excluding hydrogens is 512 g/mol. The molecule has 0 spiro atoms. The maximum Gasteiger partial charge on any atom is 0.147 e. The number of unbranched alkanes of at least 4 members (excludes halogenated alkanes) is 6. The van der Waals surface area contributed by atoms with Gasteiger partial charge >= 0.3 is 0 Å². The average molecular weight is 540 g/mol. The van der Waals surface area contributed by atoms with Gasteiger partial charge in [-0.3, -0.25) is 0 Å².